The molecule has 3 heteroatoms. The van der Waals surface area contributed by atoms with E-state index in [-0.39, 0.29) is 5.97 Å². The number of hydrogen-bond acceptors (Lipinski definition) is 2. The molecule has 102 valence electrons. The third-order valence-electron chi connectivity index (χ3n) is 3.00. The summed E-state index contributed by atoms with van der Waals surface area (Å²) < 4.78 is 4.59. The van der Waals surface area contributed by atoms with E-state index in [4.69, 9.17) is 11.6 Å². The molecule has 0 radical (unpaired) electrons. The Labute approximate surface area is 111 Å². The van der Waals surface area contributed by atoms with Crippen LogP contribution in [0.2, 0.25) is 0 Å². The maximum Gasteiger partial charge on any atom is 0.305 e. The molecule has 0 heterocycles. The lowest BCUT2D eigenvalue weighted by Gasteiger charge is -2.08. The van der Waals surface area contributed by atoms with Gasteiger partial charge in [-0.05, 0) is 19.3 Å². The van der Waals surface area contributed by atoms with E-state index in [0.29, 0.717) is 11.8 Å². The third kappa shape index (κ3) is 12.0. The van der Waals surface area contributed by atoms with E-state index >= 15 is 0 Å². The second-order valence-electron chi connectivity index (χ2n) is 4.62. The van der Waals surface area contributed by atoms with Crippen LogP contribution in [0.25, 0.3) is 0 Å². The van der Waals surface area contributed by atoms with Crippen molar-refractivity contribution >= 4 is 17.6 Å². The average molecular weight is 263 g/mol. The van der Waals surface area contributed by atoms with Gasteiger partial charge in [0.25, 0.3) is 0 Å². The first-order chi connectivity index (χ1) is 8.20. The Morgan fingerprint density at radius 3 is 2.24 bits per heavy atom. The van der Waals surface area contributed by atoms with Gasteiger partial charge in [0.05, 0.1) is 7.11 Å². The lowest BCUT2D eigenvalue weighted by atomic mass is 10.1. The zero-order valence-corrected chi connectivity index (χ0v) is 12.1. The predicted molar refractivity (Wildman–Crippen MR) is 73.5 cm³/mol. The van der Waals surface area contributed by atoms with E-state index in [1.54, 1.807) is 0 Å². The summed E-state index contributed by atoms with van der Waals surface area (Å²) in [6.45, 7) is 2.21. The quantitative estimate of drug-likeness (QED) is 0.307. The second kappa shape index (κ2) is 12.2. The van der Waals surface area contributed by atoms with E-state index in [2.05, 4.69) is 11.7 Å². The third-order valence-corrected chi connectivity index (χ3v) is 3.43. The molecule has 0 aromatic carbocycles. The highest BCUT2D eigenvalue weighted by atomic mass is 35.5. The van der Waals surface area contributed by atoms with Crippen molar-refractivity contribution in [3.05, 3.63) is 0 Å². The molecule has 1 atom stereocenters. The van der Waals surface area contributed by atoms with Crippen LogP contribution in [-0.4, -0.2) is 18.5 Å². The number of ether oxygens (including phenoxy) is 1. The minimum atomic E-state index is -0.0974. The molecule has 17 heavy (non-hydrogen) atoms. The minimum Gasteiger partial charge on any atom is -0.469 e. The minimum absolute atomic E-state index is 0.0974. The zero-order chi connectivity index (χ0) is 12.9. The number of unbranched alkanes of at least 4 members (excludes halogenated alkanes) is 5. The molecule has 2 nitrogen and oxygen atoms in total. The molecule has 0 aliphatic carbocycles. The fraction of sp³-hybridized carbons (Fsp3) is 0.929. The van der Waals surface area contributed by atoms with Crippen LogP contribution in [0.15, 0.2) is 0 Å². The van der Waals surface area contributed by atoms with Gasteiger partial charge in [-0.15, -0.1) is 11.6 Å². The number of esters is 1. The summed E-state index contributed by atoms with van der Waals surface area (Å²) in [6, 6.07) is 0. The fourth-order valence-electron chi connectivity index (χ4n) is 1.85. The van der Waals surface area contributed by atoms with Crippen molar-refractivity contribution in [1.29, 1.82) is 0 Å². The number of rotatable bonds is 11. The summed E-state index contributed by atoms with van der Waals surface area (Å²) in [6.07, 6.45) is 11.0. The summed E-state index contributed by atoms with van der Waals surface area (Å²) in [5.41, 5.74) is 0. The van der Waals surface area contributed by atoms with Gasteiger partial charge in [0.2, 0.25) is 0 Å². The Hall–Kier alpha value is -0.240. The van der Waals surface area contributed by atoms with Crippen molar-refractivity contribution in [3.8, 4) is 0 Å². The molecule has 1 unspecified atom stereocenters. The van der Waals surface area contributed by atoms with Gasteiger partial charge in [-0.2, -0.15) is 0 Å². The van der Waals surface area contributed by atoms with Gasteiger partial charge in [0.1, 0.15) is 0 Å². The monoisotopic (exact) mass is 262 g/mol. The number of alkyl halides is 1. The zero-order valence-electron chi connectivity index (χ0n) is 11.3. The highest BCUT2D eigenvalue weighted by Crippen LogP contribution is 2.16. The summed E-state index contributed by atoms with van der Waals surface area (Å²) >= 11 is 6.23. The van der Waals surface area contributed by atoms with E-state index in [1.165, 1.54) is 39.2 Å². The first-order valence-corrected chi connectivity index (χ1v) is 7.35. The molecule has 0 saturated carbocycles. The Bertz CT molecular complexity index is 183. The first-order valence-electron chi connectivity index (χ1n) is 6.91. The van der Waals surface area contributed by atoms with Crippen LogP contribution in [0.3, 0.4) is 0 Å². The molecular weight excluding hydrogens is 236 g/mol. The maximum absolute atomic E-state index is 10.9. The molecule has 0 aliphatic heterocycles. The van der Waals surface area contributed by atoms with Crippen LogP contribution in [-0.2, 0) is 9.53 Å². The summed E-state index contributed by atoms with van der Waals surface area (Å²) in [5.74, 6) is -0.0974. The number of carbonyl (C=O) groups is 1. The number of halogens is 1. The largest absolute Gasteiger partial charge is 0.469 e. The van der Waals surface area contributed by atoms with Crippen LogP contribution < -0.4 is 0 Å². The molecule has 0 aromatic rings. The van der Waals surface area contributed by atoms with Gasteiger partial charge >= 0.3 is 5.97 Å². The van der Waals surface area contributed by atoms with Gasteiger partial charge in [0.15, 0.2) is 0 Å². The van der Waals surface area contributed by atoms with Crippen molar-refractivity contribution in [2.45, 2.75) is 76.5 Å². The maximum atomic E-state index is 10.9. The Morgan fingerprint density at radius 2 is 1.65 bits per heavy atom. The van der Waals surface area contributed by atoms with Crippen molar-refractivity contribution in [2.24, 2.45) is 0 Å². The van der Waals surface area contributed by atoms with Crippen LogP contribution in [0.4, 0.5) is 0 Å². The number of methoxy groups -OCH3 is 1. The topological polar surface area (TPSA) is 26.3 Å². The van der Waals surface area contributed by atoms with Crippen LogP contribution in [0, 0.1) is 0 Å². The highest BCUT2D eigenvalue weighted by molar-refractivity contribution is 6.20. The summed E-state index contributed by atoms with van der Waals surface area (Å²) in [7, 11) is 1.44. The van der Waals surface area contributed by atoms with Crippen LogP contribution in [0.1, 0.15) is 71.1 Å². The first kappa shape index (κ1) is 16.8. The van der Waals surface area contributed by atoms with E-state index in [9.17, 15) is 4.79 Å². The summed E-state index contributed by atoms with van der Waals surface area (Å²) in [5, 5.41) is 0.349. The van der Waals surface area contributed by atoms with E-state index in [1.807, 2.05) is 0 Å². The molecule has 0 spiro atoms. The Kier molecular flexibility index (Phi) is 12.1. The second-order valence-corrected chi connectivity index (χ2v) is 5.24. The van der Waals surface area contributed by atoms with Gasteiger partial charge in [-0.1, -0.05) is 45.4 Å². The molecule has 0 aromatic heterocycles. The molecule has 0 aliphatic rings. The van der Waals surface area contributed by atoms with Gasteiger partial charge in [-0.25, -0.2) is 0 Å². The molecule has 0 amide bonds. The molecule has 0 saturated heterocycles. The summed E-state index contributed by atoms with van der Waals surface area (Å²) in [4.78, 5) is 10.9. The average Bonchev–Trinajstić information content (AvgIpc) is 2.33. The normalized spacial score (nSPS) is 12.4. The molecule has 0 N–H and O–H groups in total. The highest BCUT2D eigenvalue weighted by Gasteiger charge is 2.04. The molecule has 0 fully saturated rings. The molecule has 0 bridgehead atoms. The van der Waals surface area contributed by atoms with Crippen LogP contribution in [0.5, 0.6) is 0 Å². The fourth-order valence-corrected chi connectivity index (χ4v) is 2.16. The molecule has 0 rings (SSSR count). The van der Waals surface area contributed by atoms with E-state index in [0.717, 1.165) is 25.7 Å². The van der Waals surface area contributed by atoms with Crippen molar-refractivity contribution in [3.63, 3.8) is 0 Å². The van der Waals surface area contributed by atoms with Gasteiger partial charge in [-0.3, -0.25) is 4.79 Å². The van der Waals surface area contributed by atoms with Crippen LogP contribution >= 0.6 is 11.6 Å². The van der Waals surface area contributed by atoms with Gasteiger partial charge in [0, 0.05) is 11.8 Å². The SMILES string of the molecule is CCCCCC(Cl)CCCCCCC(=O)OC. The lowest BCUT2D eigenvalue weighted by Crippen LogP contribution is -2.00. The van der Waals surface area contributed by atoms with Crippen molar-refractivity contribution < 1.29 is 9.53 Å². The molecular formula is C14H27ClO2. The van der Waals surface area contributed by atoms with E-state index < -0.39 is 0 Å². The number of hydrogen-bond donors (Lipinski definition) is 0. The Morgan fingerprint density at radius 1 is 1.06 bits per heavy atom. The standard InChI is InChI=1S/C14H27ClO2/c1-3-4-7-10-13(15)11-8-5-6-9-12-14(16)17-2/h13H,3-12H2,1-2H3. The Balaban J connectivity index is 3.18. The van der Waals surface area contributed by atoms with Crippen molar-refractivity contribution in [2.75, 3.05) is 7.11 Å². The number of carbonyl (C=O) groups excluding carboxylic acids is 1. The lowest BCUT2D eigenvalue weighted by molar-refractivity contribution is -0.140. The predicted octanol–water partition coefficient (Wildman–Crippen LogP) is 4.69. The smallest absolute Gasteiger partial charge is 0.305 e. The van der Waals surface area contributed by atoms with Gasteiger partial charge < -0.3 is 4.74 Å². The van der Waals surface area contributed by atoms with Crippen molar-refractivity contribution in [1.82, 2.24) is 0 Å².